The molecule has 0 heterocycles. The maximum Gasteiger partial charge on any atom is 0.338 e. The van der Waals surface area contributed by atoms with E-state index in [2.05, 4.69) is 5.32 Å². The van der Waals surface area contributed by atoms with Gasteiger partial charge in [-0.2, -0.15) is 0 Å². The van der Waals surface area contributed by atoms with Gasteiger partial charge in [-0.3, -0.25) is 9.10 Å². The highest BCUT2D eigenvalue weighted by molar-refractivity contribution is 7.92. The number of hydrogen-bond donors (Lipinski definition) is 1. The molecule has 0 unspecified atom stereocenters. The Morgan fingerprint density at radius 2 is 1.61 bits per heavy atom. The van der Waals surface area contributed by atoms with E-state index in [-0.39, 0.29) is 4.90 Å². The maximum atomic E-state index is 13.5. The zero-order valence-electron chi connectivity index (χ0n) is 19.0. The zero-order chi connectivity index (χ0) is 24.2. The number of esters is 1. The Hall–Kier alpha value is -3.65. The molecule has 0 bridgehead atoms. The monoisotopic (exact) mass is 466 g/mol. The first-order valence-corrected chi connectivity index (χ1v) is 11.7. The molecule has 3 aromatic rings. The molecule has 0 spiro atoms. The minimum absolute atomic E-state index is 0.0832. The van der Waals surface area contributed by atoms with Crippen LogP contribution >= 0.6 is 0 Å². The summed E-state index contributed by atoms with van der Waals surface area (Å²) in [5.74, 6) is -1.06. The van der Waals surface area contributed by atoms with Crippen LogP contribution in [0.3, 0.4) is 0 Å². The van der Waals surface area contributed by atoms with E-state index in [4.69, 9.17) is 4.74 Å². The van der Waals surface area contributed by atoms with Crippen molar-refractivity contribution in [1.82, 2.24) is 0 Å². The van der Waals surface area contributed by atoms with Gasteiger partial charge in [-0.05, 0) is 73.9 Å². The number of methoxy groups -OCH3 is 1. The Kier molecular flexibility index (Phi) is 7.18. The van der Waals surface area contributed by atoms with E-state index in [1.165, 1.54) is 19.2 Å². The Labute approximate surface area is 194 Å². The minimum Gasteiger partial charge on any atom is -0.465 e. The molecule has 0 aliphatic heterocycles. The molecule has 1 amide bonds. The van der Waals surface area contributed by atoms with Crippen LogP contribution in [0.5, 0.6) is 0 Å². The molecule has 33 heavy (non-hydrogen) atoms. The average Bonchev–Trinajstić information content (AvgIpc) is 2.80. The summed E-state index contributed by atoms with van der Waals surface area (Å²) >= 11 is 0. The topological polar surface area (TPSA) is 92.8 Å². The van der Waals surface area contributed by atoms with E-state index in [0.29, 0.717) is 22.5 Å². The third-order valence-corrected chi connectivity index (χ3v) is 7.20. The van der Waals surface area contributed by atoms with Crippen LogP contribution in [-0.2, 0) is 19.6 Å². The summed E-state index contributed by atoms with van der Waals surface area (Å²) in [6.45, 7) is 5.05. The number of ether oxygens (including phenoxy) is 1. The standard InChI is InChI=1S/C25H26N2O5S/c1-17-13-14-20(15-18(17)2)27(33(30,31)21-9-6-5-7-10-21)16-24(28)26-23-12-8-11-22(19(23)3)25(29)32-4/h5-15H,16H2,1-4H3,(H,26,28). The Balaban J connectivity index is 1.97. The van der Waals surface area contributed by atoms with Gasteiger partial charge in [0.15, 0.2) is 0 Å². The molecule has 8 heteroatoms. The van der Waals surface area contributed by atoms with Gasteiger partial charge in [-0.25, -0.2) is 13.2 Å². The lowest BCUT2D eigenvalue weighted by Crippen LogP contribution is -2.38. The lowest BCUT2D eigenvalue weighted by atomic mass is 10.1. The molecule has 172 valence electrons. The summed E-state index contributed by atoms with van der Waals surface area (Å²) in [6, 6.07) is 18.1. The van der Waals surface area contributed by atoms with Crippen LogP contribution in [0.2, 0.25) is 0 Å². The molecule has 0 aromatic heterocycles. The first-order chi connectivity index (χ1) is 15.6. The van der Waals surface area contributed by atoms with Gasteiger partial charge in [0.25, 0.3) is 10.0 Å². The second kappa shape index (κ2) is 9.87. The summed E-state index contributed by atoms with van der Waals surface area (Å²) in [7, 11) is -2.73. The van der Waals surface area contributed by atoms with Gasteiger partial charge in [0.1, 0.15) is 6.54 Å². The number of nitrogens with one attached hydrogen (secondary N) is 1. The van der Waals surface area contributed by atoms with Gasteiger partial charge >= 0.3 is 5.97 Å². The van der Waals surface area contributed by atoms with Gasteiger partial charge in [0.2, 0.25) is 5.91 Å². The average molecular weight is 467 g/mol. The van der Waals surface area contributed by atoms with Crippen molar-refractivity contribution in [2.45, 2.75) is 25.7 Å². The number of carbonyl (C=O) groups is 2. The lowest BCUT2D eigenvalue weighted by molar-refractivity contribution is -0.114. The number of hydrogen-bond acceptors (Lipinski definition) is 5. The third-order valence-electron chi connectivity index (χ3n) is 5.41. The molecule has 3 aromatic carbocycles. The summed E-state index contributed by atoms with van der Waals surface area (Å²) in [5.41, 5.74) is 3.55. The zero-order valence-corrected chi connectivity index (χ0v) is 19.8. The largest absolute Gasteiger partial charge is 0.465 e. The quantitative estimate of drug-likeness (QED) is 0.526. The van der Waals surface area contributed by atoms with Crippen molar-refractivity contribution in [3.8, 4) is 0 Å². The molecule has 0 fully saturated rings. The van der Waals surface area contributed by atoms with E-state index in [9.17, 15) is 18.0 Å². The molecule has 0 radical (unpaired) electrons. The van der Waals surface area contributed by atoms with E-state index in [0.717, 1.165) is 15.4 Å². The minimum atomic E-state index is -4.01. The highest BCUT2D eigenvalue weighted by Crippen LogP contribution is 2.26. The fourth-order valence-corrected chi connectivity index (χ4v) is 4.77. The van der Waals surface area contributed by atoms with E-state index in [1.807, 2.05) is 19.9 Å². The fraction of sp³-hybridized carbons (Fsp3) is 0.200. The third kappa shape index (κ3) is 5.23. The Morgan fingerprint density at radius 3 is 2.24 bits per heavy atom. The first kappa shape index (κ1) is 24.0. The maximum absolute atomic E-state index is 13.5. The predicted octanol–water partition coefficient (Wildman–Crippen LogP) is 4.23. The molecule has 0 aliphatic carbocycles. The van der Waals surface area contributed by atoms with Crippen LogP contribution in [0, 0.1) is 20.8 Å². The van der Waals surface area contributed by atoms with Crippen molar-refractivity contribution in [2.75, 3.05) is 23.3 Å². The number of amides is 1. The van der Waals surface area contributed by atoms with E-state index in [1.54, 1.807) is 55.5 Å². The van der Waals surface area contributed by atoms with Crippen molar-refractivity contribution in [2.24, 2.45) is 0 Å². The van der Waals surface area contributed by atoms with Crippen LogP contribution in [0.1, 0.15) is 27.0 Å². The second-order valence-electron chi connectivity index (χ2n) is 7.61. The first-order valence-electron chi connectivity index (χ1n) is 10.3. The Morgan fingerprint density at radius 1 is 0.909 bits per heavy atom. The SMILES string of the molecule is COC(=O)c1cccc(NC(=O)CN(c2ccc(C)c(C)c2)S(=O)(=O)c2ccccc2)c1C. The van der Waals surface area contributed by atoms with Crippen molar-refractivity contribution in [3.05, 3.63) is 89.0 Å². The van der Waals surface area contributed by atoms with Gasteiger partial charge in [0, 0.05) is 5.69 Å². The Bertz CT molecular complexity index is 1290. The normalized spacial score (nSPS) is 11.0. The molecule has 0 aliphatic rings. The molecule has 0 atom stereocenters. The molecule has 1 N–H and O–H groups in total. The van der Waals surface area contributed by atoms with Gasteiger partial charge in [0.05, 0.1) is 23.3 Å². The summed E-state index contributed by atoms with van der Waals surface area (Å²) in [4.78, 5) is 25.0. The molecular formula is C25H26N2O5S. The van der Waals surface area contributed by atoms with Crippen LogP contribution in [0.25, 0.3) is 0 Å². The molecule has 0 saturated heterocycles. The smallest absolute Gasteiger partial charge is 0.338 e. The number of aryl methyl sites for hydroxylation is 2. The summed E-state index contributed by atoms with van der Waals surface area (Å²) < 4.78 is 32.8. The number of nitrogens with zero attached hydrogens (tertiary/aromatic N) is 1. The van der Waals surface area contributed by atoms with Crippen molar-refractivity contribution < 1.29 is 22.7 Å². The van der Waals surface area contributed by atoms with Crippen LogP contribution in [-0.4, -0.2) is 33.9 Å². The lowest BCUT2D eigenvalue weighted by Gasteiger charge is -2.25. The number of anilines is 2. The second-order valence-corrected chi connectivity index (χ2v) is 9.47. The highest BCUT2D eigenvalue weighted by Gasteiger charge is 2.27. The van der Waals surface area contributed by atoms with Crippen molar-refractivity contribution in [1.29, 1.82) is 0 Å². The van der Waals surface area contributed by atoms with Crippen molar-refractivity contribution in [3.63, 3.8) is 0 Å². The molecular weight excluding hydrogens is 440 g/mol. The van der Waals surface area contributed by atoms with E-state index < -0.39 is 28.4 Å². The highest BCUT2D eigenvalue weighted by atomic mass is 32.2. The molecule has 0 saturated carbocycles. The number of rotatable bonds is 7. The van der Waals surface area contributed by atoms with Crippen LogP contribution in [0.4, 0.5) is 11.4 Å². The molecule has 3 rings (SSSR count). The van der Waals surface area contributed by atoms with Crippen LogP contribution in [0.15, 0.2) is 71.6 Å². The van der Waals surface area contributed by atoms with E-state index >= 15 is 0 Å². The predicted molar refractivity (Wildman–Crippen MR) is 128 cm³/mol. The van der Waals surface area contributed by atoms with Gasteiger partial charge in [-0.1, -0.05) is 30.3 Å². The number of carbonyl (C=O) groups excluding carboxylic acids is 2. The fourth-order valence-electron chi connectivity index (χ4n) is 3.34. The van der Waals surface area contributed by atoms with Crippen LogP contribution < -0.4 is 9.62 Å². The number of benzene rings is 3. The van der Waals surface area contributed by atoms with Gasteiger partial charge in [-0.15, -0.1) is 0 Å². The molecule has 7 nitrogen and oxygen atoms in total. The number of sulfonamides is 1. The van der Waals surface area contributed by atoms with Crippen molar-refractivity contribution >= 4 is 33.3 Å². The summed E-state index contributed by atoms with van der Waals surface area (Å²) in [6.07, 6.45) is 0. The van der Waals surface area contributed by atoms with Gasteiger partial charge < -0.3 is 10.1 Å². The summed E-state index contributed by atoms with van der Waals surface area (Å²) in [5, 5.41) is 2.73.